The molecule has 1 unspecified atom stereocenters. The third-order valence-corrected chi connectivity index (χ3v) is 4.30. The Labute approximate surface area is 148 Å². The van der Waals surface area contributed by atoms with Crippen molar-refractivity contribution in [3.05, 3.63) is 42.0 Å². The molecule has 3 rings (SSSR count). The molecule has 1 fully saturated rings. The number of hydrogen-bond donors (Lipinski definition) is 1. The summed E-state index contributed by atoms with van der Waals surface area (Å²) in [5, 5.41) is 18.6. The molecule has 3 heterocycles. The van der Waals surface area contributed by atoms with Gasteiger partial charge < -0.3 is 19.2 Å². The smallest absolute Gasteiger partial charge is 0.151 e. The molecule has 0 saturated carbocycles. The highest BCUT2D eigenvalue weighted by atomic mass is 16.5. The number of aromatic nitrogens is 2. The molecule has 0 aliphatic carbocycles. The molecule has 7 heteroatoms. The van der Waals surface area contributed by atoms with Crippen molar-refractivity contribution >= 4 is 5.82 Å². The second-order valence-corrected chi connectivity index (χ2v) is 6.42. The second kappa shape index (κ2) is 8.94. The minimum Gasteiger partial charge on any atom is -0.467 e. The van der Waals surface area contributed by atoms with E-state index in [1.54, 1.807) is 6.26 Å². The SMILES string of the molecule is Cc1ccc(N2CCCN(CC(O)COCc3ccco3)CC2)nn1. The van der Waals surface area contributed by atoms with Crippen LogP contribution in [0.2, 0.25) is 0 Å². The van der Waals surface area contributed by atoms with E-state index in [-0.39, 0.29) is 0 Å². The van der Waals surface area contributed by atoms with E-state index in [1.807, 2.05) is 31.2 Å². The van der Waals surface area contributed by atoms with E-state index in [0.29, 0.717) is 19.8 Å². The summed E-state index contributed by atoms with van der Waals surface area (Å²) in [6, 6.07) is 7.71. The van der Waals surface area contributed by atoms with Crippen LogP contribution in [0.5, 0.6) is 0 Å². The Morgan fingerprint density at radius 3 is 2.88 bits per heavy atom. The van der Waals surface area contributed by atoms with Crippen molar-refractivity contribution in [1.29, 1.82) is 0 Å². The van der Waals surface area contributed by atoms with E-state index in [1.165, 1.54) is 0 Å². The Hall–Kier alpha value is -1.96. The number of β-amino-alcohol motifs (C(OH)–C–C–N with tert-alkyl or cyclic N) is 1. The average molecular weight is 346 g/mol. The van der Waals surface area contributed by atoms with Crippen LogP contribution in [0.25, 0.3) is 0 Å². The van der Waals surface area contributed by atoms with E-state index in [9.17, 15) is 5.11 Å². The van der Waals surface area contributed by atoms with Crippen LogP contribution in [0.15, 0.2) is 34.9 Å². The fourth-order valence-electron chi connectivity index (χ4n) is 2.98. The highest BCUT2D eigenvalue weighted by molar-refractivity contribution is 5.37. The predicted molar refractivity (Wildman–Crippen MR) is 94.4 cm³/mol. The molecule has 0 spiro atoms. The van der Waals surface area contributed by atoms with Gasteiger partial charge in [0, 0.05) is 26.2 Å². The number of aliphatic hydroxyl groups excluding tert-OH is 1. The van der Waals surface area contributed by atoms with Crippen molar-refractivity contribution in [3.8, 4) is 0 Å². The number of aryl methyl sites for hydroxylation is 1. The monoisotopic (exact) mass is 346 g/mol. The van der Waals surface area contributed by atoms with Crippen LogP contribution in [0.4, 0.5) is 5.82 Å². The zero-order chi connectivity index (χ0) is 17.5. The number of nitrogens with zero attached hydrogens (tertiary/aromatic N) is 4. The largest absolute Gasteiger partial charge is 0.467 e. The summed E-state index contributed by atoms with van der Waals surface area (Å²) in [6.45, 7) is 6.96. The first-order valence-corrected chi connectivity index (χ1v) is 8.76. The lowest BCUT2D eigenvalue weighted by Gasteiger charge is -2.24. The number of furan rings is 1. The van der Waals surface area contributed by atoms with Gasteiger partial charge in [0.1, 0.15) is 12.4 Å². The summed E-state index contributed by atoms with van der Waals surface area (Å²) in [4.78, 5) is 4.54. The summed E-state index contributed by atoms with van der Waals surface area (Å²) in [6.07, 6.45) is 2.16. The first-order chi connectivity index (χ1) is 12.2. The topological polar surface area (TPSA) is 74.9 Å². The van der Waals surface area contributed by atoms with Crippen LogP contribution in [-0.4, -0.2) is 65.6 Å². The standard InChI is InChI=1S/C18H26N4O3/c1-15-5-6-18(20-19-15)22-8-3-7-21(9-10-22)12-16(23)13-24-14-17-4-2-11-25-17/h2,4-6,11,16,23H,3,7-10,12-14H2,1H3. The number of anilines is 1. The Kier molecular flexibility index (Phi) is 6.38. The quantitative estimate of drug-likeness (QED) is 0.813. The van der Waals surface area contributed by atoms with Crippen LogP contribution in [0, 0.1) is 6.92 Å². The molecule has 0 aromatic carbocycles. The first-order valence-electron chi connectivity index (χ1n) is 8.76. The lowest BCUT2D eigenvalue weighted by atomic mass is 10.3. The number of aliphatic hydroxyl groups is 1. The Bertz CT molecular complexity index is 618. The molecule has 0 radical (unpaired) electrons. The zero-order valence-corrected chi connectivity index (χ0v) is 14.7. The molecule has 1 aliphatic heterocycles. The van der Waals surface area contributed by atoms with Gasteiger partial charge in [0.2, 0.25) is 0 Å². The van der Waals surface area contributed by atoms with E-state index in [0.717, 1.165) is 49.9 Å². The molecule has 2 aromatic heterocycles. The van der Waals surface area contributed by atoms with Gasteiger partial charge in [-0.3, -0.25) is 4.90 Å². The van der Waals surface area contributed by atoms with Crippen molar-refractivity contribution in [2.75, 3.05) is 44.2 Å². The number of hydrogen-bond acceptors (Lipinski definition) is 7. The molecule has 0 amide bonds. The summed E-state index contributed by atoms with van der Waals surface area (Å²) < 4.78 is 10.7. The van der Waals surface area contributed by atoms with Gasteiger partial charge in [-0.05, 0) is 44.2 Å². The highest BCUT2D eigenvalue weighted by Gasteiger charge is 2.18. The third-order valence-electron chi connectivity index (χ3n) is 4.30. The van der Waals surface area contributed by atoms with Gasteiger partial charge >= 0.3 is 0 Å². The molecule has 1 saturated heterocycles. The van der Waals surface area contributed by atoms with Gasteiger partial charge in [0.25, 0.3) is 0 Å². The normalized spacial score (nSPS) is 17.4. The van der Waals surface area contributed by atoms with E-state index in [2.05, 4.69) is 20.0 Å². The summed E-state index contributed by atoms with van der Waals surface area (Å²) in [5.74, 6) is 1.70. The van der Waals surface area contributed by atoms with Gasteiger partial charge in [-0.25, -0.2) is 0 Å². The van der Waals surface area contributed by atoms with Crippen LogP contribution < -0.4 is 4.90 Å². The van der Waals surface area contributed by atoms with Crippen LogP contribution in [0.1, 0.15) is 17.9 Å². The van der Waals surface area contributed by atoms with Gasteiger partial charge in [-0.1, -0.05) is 0 Å². The van der Waals surface area contributed by atoms with Gasteiger partial charge in [-0.15, -0.1) is 5.10 Å². The zero-order valence-electron chi connectivity index (χ0n) is 14.7. The maximum absolute atomic E-state index is 10.2. The molecule has 1 N–H and O–H groups in total. The molecule has 1 aliphatic rings. The van der Waals surface area contributed by atoms with Crippen molar-refractivity contribution in [3.63, 3.8) is 0 Å². The first kappa shape index (κ1) is 17.8. The van der Waals surface area contributed by atoms with Gasteiger partial charge in [-0.2, -0.15) is 5.10 Å². The summed E-state index contributed by atoms with van der Waals surface area (Å²) in [7, 11) is 0. The van der Waals surface area contributed by atoms with Crippen LogP contribution >= 0.6 is 0 Å². The Morgan fingerprint density at radius 1 is 1.20 bits per heavy atom. The van der Waals surface area contributed by atoms with Crippen LogP contribution in [-0.2, 0) is 11.3 Å². The molecule has 0 bridgehead atoms. The summed E-state index contributed by atoms with van der Waals surface area (Å²) >= 11 is 0. The molecule has 1 atom stereocenters. The fraction of sp³-hybridized carbons (Fsp3) is 0.556. The van der Waals surface area contributed by atoms with E-state index < -0.39 is 6.10 Å². The van der Waals surface area contributed by atoms with Gasteiger partial charge in [0.15, 0.2) is 5.82 Å². The molecular weight excluding hydrogens is 320 g/mol. The number of ether oxygens (including phenoxy) is 1. The van der Waals surface area contributed by atoms with Crippen molar-refractivity contribution in [2.45, 2.75) is 26.1 Å². The maximum Gasteiger partial charge on any atom is 0.151 e. The van der Waals surface area contributed by atoms with E-state index >= 15 is 0 Å². The lowest BCUT2D eigenvalue weighted by Crippen LogP contribution is -2.37. The second-order valence-electron chi connectivity index (χ2n) is 6.42. The molecule has 2 aromatic rings. The van der Waals surface area contributed by atoms with Gasteiger partial charge in [0.05, 0.1) is 24.7 Å². The van der Waals surface area contributed by atoms with Crippen LogP contribution in [0.3, 0.4) is 0 Å². The average Bonchev–Trinajstić information content (AvgIpc) is 3.01. The molecular formula is C18H26N4O3. The Morgan fingerprint density at radius 2 is 2.12 bits per heavy atom. The third kappa shape index (κ3) is 5.52. The predicted octanol–water partition coefficient (Wildman–Crippen LogP) is 1.47. The highest BCUT2D eigenvalue weighted by Crippen LogP contribution is 2.13. The summed E-state index contributed by atoms with van der Waals surface area (Å²) in [5.41, 5.74) is 0.929. The minimum atomic E-state index is -0.499. The number of rotatable bonds is 7. The van der Waals surface area contributed by atoms with Crippen molar-refractivity contribution < 1.29 is 14.3 Å². The fourth-order valence-corrected chi connectivity index (χ4v) is 2.98. The van der Waals surface area contributed by atoms with Crippen molar-refractivity contribution in [2.24, 2.45) is 0 Å². The maximum atomic E-state index is 10.2. The van der Waals surface area contributed by atoms with E-state index in [4.69, 9.17) is 9.15 Å². The lowest BCUT2D eigenvalue weighted by molar-refractivity contribution is 0.00605. The molecule has 136 valence electrons. The minimum absolute atomic E-state index is 0.310. The van der Waals surface area contributed by atoms with Crippen molar-refractivity contribution in [1.82, 2.24) is 15.1 Å². The Balaban J connectivity index is 1.40. The molecule has 7 nitrogen and oxygen atoms in total. The molecule has 25 heavy (non-hydrogen) atoms.